The smallest absolute Gasteiger partial charge is 0.222 e. The molecule has 1 heterocycles. The van der Waals surface area contributed by atoms with E-state index < -0.39 is 16.0 Å². The third-order valence-corrected chi connectivity index (χ3v) is 2.61. The third-order valence-electron chi connectivity index (χ3n) is 2.19. The van der Waals surface area contributed by atoms with Crippen LogP contribution >= 0.6 is 23.2 Å². The first kappa shape index (κ1) is 11.1. The van der Waals surface area contributed by atoms with Crippen LogP contribution in [0.5, 0.6) is 0 Å². The van der Waals surface area contributed by atoms with Crippen LogP contribution < -0.4 is 5.32 Å². The lowest BCUT2D eigenvalue weighted by Gasteiger charge is -2.21. The summed E-state index contributed by atoms with van der Waals surface area (Å²) in [5.74, 6) is 0. The molecular weight excluding hydrogens is 211 g/mol. The number of rotatable bonds is 1. The molecule has 1 rings (SSSR count). The Morgan fingerprint density at radius 3 is 1.92 bits per heavy atom. The van der Waals surface area contributed by atoms with Gasteiger partial charge in [-0.1, -0.05) is 23.2 Å². The van der Waals surface area contributed by atoms with Gasteiger partial charge in [0, 0.05) is 13.8 Å². The molecule has 1 aliphatic rings. The van der Waals surface area contributed by atoms with Crippen molar-refractivity contribution in [1.82, 2.24) is 5.32 Å². The molecule has 76 valence electrons. The Morgan fingerprint density at radius 1 is 1.31 bits per heavy atom. The highest BCUT2D eigenvalue weighted by Crippen LogP contribution is 2.27. The first-order valence-electron chi connectivity index (χ1n) is 4.10. The maximum absolute atomic E-state index is 11.7. The maximum atomic E-state index is 11.7. The van der Waals surface area contributed by atoms with Crippen LogP contribution in [0.25, 0.3) is 0 Å². The number of nitrogens with zero attached hydrogens (tertiary/aromatic N) is 1. The minimum absolute atomic E-state index is 0.445. The predicted molar refractivity (Wildman–Crippen MR) is 55.4 cm³/mol. The van der Waals surface area contributed by atoms with Gasteiger partial charge in [-0.15, -0.1) is 0 Å². The van der Waals surface area contributed by atoms with Gasteiger partial charge in [0.15, 0.2) is 4.84 Å². The molecule has 0 fully saturated rings. The number of alkyl halides is 2. The summed E-state index contributed by atoms with van der Waals surface area (Å²) in [4.78, 5) is -0.762. The number of nitrogens with one attached hydrogen (secondary N) is 1. The first-order chi connectivity index (χ1) is 5.68. The van der Waals surface area contributed by atoms with E-state index in [9.17, 15) is 5.21 Å². The average molecular weight is 225 g/mol. The predicted octanol–water partition coefficient (Wildman–Crippen LogP) is 1.86. The molecule has 5 heteroatoms. The number of hydrogen-bond acceptors (Lipinski definition) is 2. The van der Waals surface area contributed by atoms with Crippen molar-refractivity contribution in [1.29, 1.82) is 0 Å². The topological polar surface area (TPSA) is 38.1 Å². The highest BCUT2D eigenvalue weighted by atomic mass is 35.5. The van der Waals surface area contributed by atoms with E-state index in [0.29, 0.717) is 5.71 Å². The molecule has 13 heavy (non-hydrogen) atoms. The van der Waals surface area contributed by atoms with Crippen molar-refractivity contribution in [2.24, 2.45) is 0 Å². The molecule has 0 saturated carbocycles. The Morgan fingerprint density at radius 2 is 1.77 bits per heavy atom. The van der Waals surface area contributed by atoms with Crippen molar-refractivity contribution in [3.8, 4) is 0 Å². The van der Waals surface area contributed by atoms with Crippen LogP contribution in [0.3, 0.4) is 0 Å². The van der Waals surface area contributed by atoms with Crippen LogP contribution in [0, 0.1) is 5.21 Å². The molecule has 0 bridgehead atoms. The van der Waals surface area contributed by atoms with Gasteiger partial charge in [-0.05, 0) is 13.8 Å². The van der Waals surface area contributed by atoms with Crippen molar-refractivity contribution < 1.29 is 4.74 Å². The van der Waals surface area contributed by atoms with Crippen LogP contribution in [0.15, 0.2) is 0 Å². The zero-order chi connectivity index (χ0) is 10.4. The SMILES string of the molecule is CC1(C)NC(C)(C)[N+]([O-])=C1C(Cl)Cl. The summed E-state index contributed by atoms with van der Waals surface area (Å²) >= 11 is 11.5. The van der Waals surface area contributed by atoms with Gasteiger partial charge < -0.3 is 5.21 Å². The molecule has 3 nitrogen and oxygen atoms in total. The van der Waals surface area contributed by atoms with Gasteiger partial charge in [-0.3, -0.25) is 0 Å². The summed E-state index contributed by atoms with van der Waals surface area (Å²) < 4.78 is 0.859. The lowest BCUT2D eigenvalue weighted by Crippen LogP contribution is -2.50. The van der Waals surface area contributed by atoms with Gasteiger partial charge in [0.1, 0.15) is 5.54 Å². The summed E-state index contributed by atoms with van der Waals surface area (Å²) in [5.41, 5.74) is -0.610. The quantitative estimate of drug-likeness (QED) is 0.420. The van der Waals surface area contributed by atoms with Crippen molar-refractivity contribution in [2.75, 3.05) is 0 Å². The summed E-state index contributed by atoms with van der Waals surface area (Å²) in [6, 6.07) is 0. The normalized spacial score (nSPS) is 25.8. The van der Waals surface area contributed by atoms with E-state index in [4.69, 9.17) is 23.2 Å². The third kappa shape index (κ3) is 1.78. The van der Waals surface area contributed by atoms with E-state index in [0.717, 1.165) is 4.74 Å². The lowest BCUT2D eigenvalue weighted by molar-refractivity contribution is -0.537. The molecule has 0 aliphatic carbocycles. The van der Waals surface area contributed by atoms with E-state index in [2.05, 4.69) is 5.32 Å². The molecule has 0 amide bonds. The second-order valence-electron chi connectivity index (χ2n) is 4.29. The Kier molecular flexibility index (Phi) is 2.56. The Hall–Kier alpha value is 0.01000. The van der Waals surface area contributed by atoms with Crippen molar-refractivity contribution in [2.45, 2.75) is 43.7 Å². The Bertz CT molecular complexity index is 259. The molecule has 0 aromatic carbocycles. The number of hydroxylamine groups is 1. The first-order valence-corrected chi connectivity index (χ1v) is 4.98. The van der Waals surface area contributed by atoms with E-state index >= 15 is 0 Å². The molecule has 0 aromatic heterocycles. The highest BCUT2D eigenvalue weighted by Gasteiger charge is 2.50. The Labute approximate surface area is 88.3 Å². The largest absolute Gasteiger partial charge is 0.622 e. The number of halogens is 2. The Balaban J connectivity index is 3.18. The molecule has 0 radical (unpaired) electrons. The molecule has 0 saturated heterocycles. The van der Waals surface area contributed by atoms with E-state index in [1.165, 1.54) is 0 Å². The van der Waals surface area contributed by atoms with Gasteiger partial charge in [0.25, 0.3) is 0 Å². The van der Waals surface area contributed by atoms with Crippen LogP contribution in [-0.2, 0) is 0 Å². The second-order valence-corrected chi connectivity index (χ2v) is 5.39. The van der Waals surface area contributed by atoms with E-state index in [-0.39, 0.29) is 0 Å². The van der Waals surface area contributed by atoms with Crippen LogP contribution in [0.2, 0.25) is 0 Å². The molecule has 0 spiro atoms. The maximum Gasteiger partial charge on any atom is 0.222 e. The lowest BCUT2D eigenvalue weighted by atomic mass is 10.0. The molecule has 1 aliphatic heterocycles. The highest BCUT2D eigenvalue weighted by molar-refractivity contribution is 6.54. The zero-order valence-electron chi connectivity index (χ0n) is 8.19. The van der Waals surface area contributed by atoms with Crippen LogP contribution in [-0.4, -0.2) is 26.5 Å². The molecular formula is C8H14Cl2N2O. The fourth-order valence-corrected chi connectivity index (χ4v) is 2.52. The monoisotopic (exact) mass is 224 g/mol. The summed E-state index contributed by atoms with van der Waals surface area (Å²) in [6.45, 7) is 7.37. The summed E-state index contributed by atoms with van der Waals surface area (Å²) in [6.07, 6.45) is 0. The molecule has 0 unspecified atom stereocenters. The van der Waals surface area contributed by atoms with Crippen molar-refractivity contribution in [3.05, 3.63) is 5.21 Å². The molecule has 0 aromatic rings. The van der Waals surface area contributed by atoms with Gasteiger partial charge >= 0.3 is 0 Å². The fourth-order valence-electron chi connectivity index (χ4n) is 1.80. The fraction of sp³-hybridized carbons (Fsp3) is 0.875. The van der Waals surface area contributed by atoms with Crippen molar-refractivity contribution >= 4 is 28.9 Å². The van der Waals surface area contributed by atoms with Gasteiger partial charge in [-0.2, -0.15) is 4.74 Å². The van der Waals surface area contributed by atoms with Crippen molar-refractivity contribution in [3.63, 3.8) is 0 Å². The van der Waals surface area contributed by atoms with Crippen LogP contribution in [0.1, 0.15) is 27.7 Å². The standard InChI is InChI=1S/C8H14Cl2N2O/c1-7(2)5(6(9)10)12(13)8(3,4)11-7/h6,11H,1-4H3. The van der Waals surface area contributed by atoms with E-state index in [1.807, 2.05) is 13.8 Å². The average Bonchev–Trinajstić information content (AvgIpc) is 1.96. The summed E-state index contributed by atoms with van der Waals surface area (Å²) in [5, 5.41) is 14.9. The molecule has 0 atom stereocenters. The minimum atomic E-state index is -0.762. The van der Waals surface area contributed by atoms with Gasteiger partial charge in [-0.25, -0.2) is 5.32 Å². The van der Waals surface area contributed by atoms with E-state index in [1.54, 1.807) is 13.8 Å². The molecule has 1 N–H and O–H groups in total. The zero-order valence-corrected chi connectivity index (χ0v) is 9.70. The minimum Gasteiger partial charge on any atom is -0.622 e. The van der Waals surface area contributed by atoms with Crippen LogP contribution in [0.4, 0.5) is 0 Å². The van der Waals surface area contributed by atoms with Gasteiger partial charge in [0.05, 0.1) is 0 Å². The summed E-state index contributed by atoms with van der Waals surface area (Å²) in [7, 11) is 0. The number of hydrogen-bond donors (Lipinski definition) is 1. The second kappa shape index (κ2) is 3.01. The van der Waals surface area contributed by atoms with Gasteiger partial charge in [0.2, 0.25) is 11.4 Å².